The Labute approximate surface area is 126 Å². The third-order valence-corrected chi connectivity index (χ3v) is 3.21. The van der Waals surface area contributed by atoms with Crippen LogP contribution in [0.4, 0.5) is 10.1 Å². The second-order valence-corrected chi connectivity index (χ2v) is 5.97. The van der Waals surface area contributed by atoms with Gasteiger partial charge in [0, 0.05) is 17.6 Å². The molecule has 1 atom stereocenters. The molecule has 0 saturated heterocycles. The number of hydrogen-bond acceptors (Lipinski definition) is 3. The van der Waals surface area contributed by atoms with Gasteiger partial charge in [-0.15, -0.1) is 0 Å². The average Bonchev–Trinajstić information content (AvgIpc) is 2.26. The number of benzene rings is 1. The molecular weight excluding hydrogens is 337 g/mol. The summed E-state index contributed by atoms with van der Waals surface area (Å²) in [5.74, 6) is 0.0177. The molecular formula is C13H18BrClFNO2. The number of halogens is 3. The number of rotatable bonds is 7. The number of hydrogen-bond donors (Lipinski definition) is 2. The lowest BCUT2D eigenvalue weighted by Crippen LogP contribution is -2.26. The Balaban J connectivity index is 2.44. The summed E-state index contributed by atoms with van der Waals surface area (Å²) < 4.78 is 18.9. The summed E-state index contributed by atoms with van der Waals surface area (Å²) in [5, 5.41) is 13.0. The largest absolute Gasteiger partial charge is 0.389 e. The molecule has 0 spiro atoms. The predicted molar refractivity (Wildman–Crippen MR) is 79.3 cm³/mol. The van der Waals surface area contributed by atoms with E-state index >= 15 is 0 Å². The summed E-state index contributed by atoms with van der Waals surface area (Å²) in [4.78, 5) is 0. The van der Waals surface area contributed by atoms with E-state index in [2.05, 4.69) is 21.2 Å². The Morgan fingerprint density at radius 2 is 2.11 bits per heavy atom. The lowest BCUT2D eigenvalue weighted by molar-refractivity contribution is 0.0318. The summed E-state index contributed by atoms with van der Waals surface area (Å²) in [5.41, 5.74) is 0.561. The molecule has 1 aromatic carbocycles. The zero-order valence-corrected chi connectivity index (χ0v) is 13.3. The minimum atomic E-state index is -0.647. The Bertz CT molecular complexity index is 395. The molecule has 1 unspecified atom stereocenters. The van der Waals surface area contributed by atoms with E-state index < -0.39 is 11.9 Å². The van der Waals surface area contributed by atoms with E-state index in [4.69, 9.17) is 16.3 Å². The highest BCUT2D eigenvalue weighted by atomic mass is 79.9. The van der Waals surface area contributed by atoms with Crippen LogP contribution in [0.3, 0.4) is 0 Å². The summed E-state index contributed by atoms with van der Waals surface area (Å²) in [6.45, 7) is 5.22. The van der Waals surface area contributed by atoms with E-state index in [1.54, 1.807) is 0 Å². The third kappa shape index (κ3) is 6.08. The number of aliphatic hydroxyl groups excluding tert-OH is 1. The summed E-state index contributed by atoms with van der Waals surface area (Å²) in [7, 11) is 0. The quantitative estimate of drug-likeness (QED) is 0.785. The van der Waals surface area contributed by atoms with E-state index in [-0.39, 0.29) is 18.2 Å². The first kappa shape index (κ1) is 16.7. The van der Waals surface area contributed by atoms with Crippen LogP contribution in [0.5, 0.6) is 0 Å². The van der Waals surface area contributed by atoms with E-state index in [1.165, 1.54) is 12.1 Å². The van der Waals surface area contributed by atoms with Gasteiger partial charge in [-0.2, -0.15) is 0 Å². The smallest absolute Gasteiger partial charge is 0.125 e. The highest BCUT2D eigenvalue weighted by molar-refractivity contribution is 9.10. The number of aliphatic hydroxyl groups is 1. The van der Waals surface area contributed by atoms with E-state index in [9.17, 15) is 9.50 Å². The van der Waals surface area contributed by atoms with Crippen LogP contribution < -0.4 is 5.32 Å². The van der Waals surface area contributed by atoms with Gasteiger partial charge in [-0.25, -0.2) is 4.39 Å². The highest BCUT2D eigenvalue weighted by Gasteiger charge is 2.10. The molecule has 1 rings (SSSR count). The Morgan fingerprint density at radius 3 is 2.68 bits per heavy atom. The van der Waals surface area contributed by atoms with Gasteiger partial charge >= 0.3 is 0 Å². The molecule has 0 amide bonds. The molecule has 0 aliphatic heterocycles. The molecule has 0 fully saturated rings. The molecule has 19 heavy (non-hydrogen) atoms. The van der Waals surface area contributed by atoms with E-state index in [1.807, 2.05) is 13.8 Å². The predicted octanol–water partition coefficient (Wildman–Crippen LogP) is 3.69. The van der Waals surface area contributed by atoms with E-state index in [0.29, 0.717) is 22.7 Å². The van der Waals surface area contributed by atoms with Crippen LogP contribution in [0.2, 0.25) is 5.02 Å². The summed E-state index contributed by atoms with van der Waals surface area (Å²) in [6.07, 6.45) is -0.647. The minimum absolute atomic E-state index is 0.252. The standard InChI is InChI=1S/C13H18BrClFNO2/c1-8(2)6-19-7-10(18)5-17-13-11(14)3-9(16)4-12(13)15/h3-4,8,10,17-18H,5-7H2,1-2H3. The topological polar surface area (TPSA) is 41.5 Å². The van der Waals surface area contributed by atoms with Crippen molar-refractivity contribution in [1.29, 1.82) is 0 Å². The normalized spacial score (nSPS) is 12.8. The van der Waals surface area contributed by atoms with Crippen LogP contribution in [0.25, 0.3) is 0 Å². The van der Waals surface area contributed by atoms with Crippen molar-refractivity contribution < 1.29 is 14.2 Å². The molecule has 2 N–H and O–H groups in total. The fourth-order valence-corrected chi connectivity index (χ4v) is 2.39. The lowest BCUT2D eigenvalue weighted by Gasteiger charge is -2.16. The van der Waals surface area contributed by atoms with Gasteiger partial charge in [-0.1, -0.05) is 25.4 Å². The fraction of sp³-hybridized carbons (Fsp3) is 0.538. The third-order valence-electron chi connectivity index (χ3n) is 2.28. The summed E-state index contributed by atoms with van der Waals surface area (Å²) in [6, 6.07) is 2.53. The number of ether oxygens (including phenoxy) is 1. The molecule has 0 radical (unpaired) electrons. The van der Waals surface area contributed by atoms with Crippen LogP contribution in [0.15, 0.2) is 16.6 Å². The molecule has 0 aliphatic rings. The van der Waals surface area contributed by atoms with Crippen molar-refractivity contribution in [2.45, 2.75) is 20.0 Å². The Kier molecular flexibility index (Phi) is 7.07. The molecule has 0 heterocycles. The van der Waals surface area contributed by atoms with Crippen LogP contribution in [-0.2, 0) is 4.74 Å². The molecule has 0 aromatic heterocycles. The van der Waals surface area contributed by atoms with Crippen molar-refractivity contribution in [1.82, 2.24) is 0 Å². The summed E-state index contributed by atoms with van der Waals surface area (Å²) >= 11 is 9.14. The van der Waals surface area contributed by atoms with Gasteiger partial charge in [0.2, 0.25) is 0 Å². The van der Waals surface area contributed by atoms with Gasteiger partial charge < -0.3 is 15.2 Å². The second-order valence-electron chi connectivity index (χ2n) is 4.71. The minimum Gasteiger partial charge on any atom is -0.389 e. The molecule has 6 heteroatoms. The maximum Gasteiger partial charge on any atom is 0.125 e. The van der Waals surface area contributed by atoms with Crippen LogP contribution in [0.1, 0.15) is 13.8 Å². The zero-order valence-electron chi connectivity index (χ0n) is 10.9. The number of nitrogens with one attached hydrogen (secondary N) is 1. The molecule has 0 aliphatic carbocycles. The van der Waals surface area contributed by atoms with Crippen LogP contribution >= 0.6 is 27.5 Å². The van der Waals surface area contributed by atoms with Crippen molar-refractivity contribution in [2.75, 3.05) is 25.1 Å². The van der Waals surface area contributed by atoms with Gasteiger partial charge in [0.15, 0.2) is 0 Å². The van der Waals surface area contributed by atoms with Crippen molar-refractivity contribution >= 4 is 33.2 Å². The Hall–Kier alpha value is -0.360. The zero-order chi connectivity index (χ0) is 14.4. The fourth-order valence-electron chi connectivity index (χ4n) is 1.43. The molecule has 1 aromatic rings. The van der Waals surface area contributed by atoms with Crippen molar-refractivity contribution in [3.8, 4) is 0 Å². The van der Waals surface area contributed by atoms with Crippen LogP contribution in [0, 0.1) is 11.7 Å². The van der Waals surface area contributed by atoms with E-state index in [0.717, 1.165) is 0 Å². The van der Waals surface area contributed by atoms with Crippen molar-refractivity contribution in [2.24, 2.45) is 5.92 Å². The van der Waals surface area contributed by atoms with Gasteiger partial charge in [0.1, 0.15) is 5.82 Å². The lowest BCUT2D eigenvalue weighted by atomic mass is 10.2. The van der Waals surface area contributed by atoms with Crippen molar-refractivity contribution in [3.63, 3.8) is 0 Å². The second kappa shape index (κ2) is 8.04. The molecule has 3 nitrogen and oxygen atoms in total. The average molecular weight is 355 g/mol. The SMILES string of the molecule is CC(C)COCC(O)CNc1c(Cl)cc(F)cc1Br. The Morgan fingerprint density at radius 1 is 1.42 bits per heavy atom. The molecule has 0 bridgehead atoms. The number of anilines is 1. The first-order chi connectivity index (χ1) is 8.90. The maximum absolute atomic E-state index is 13.0. The van der Waals surface area contributed by atoms with Gasteiger partial charge in [-0.05, 0) is 34.0 Å². The highest BCUT2D eigenvalue weighted by Crippen LogP contribution is 2.31. The molecule has 0 saturated carbocycles. The first-order valence-electron chi connectivity index (χ1n) is 6.04. The molecule has 108 valence electrons. The first-order valence-corrected chi connectivity index (χ1v) is 7.21. The van der Waals surface area contributed by atoms with Gasteiger partial charge in [0.05, 0.1) is 23.4 Å². The van der Waals surface area contributed by atoms with Gasteiger partial charge in [0.25, 0.3) is 0 Å². The van der Waals surface area contributed by atoms with Crippen molar-refractivity contribution in [3.05, 3.63) is 27.4 Å². The van der Waals surface area contributed by atoms with Crippen LogP contribution in [-0.4, -0.2) is 31.0 Å². The van der Waals surface area contributed by atoms with Gasteiger partial charge in [-0.3, -0.25) is 0 Å². The monoisotopic (exact) mass is 353 g/mol. The maximum atomic E-state index is 13.0.